The lowest BCUT2D eigenvalue weighted by molar-refractivity contribution is 0.0893. The second-order valence-corrected chi connectivity index (χ2v) is 12.6. The van der Waals surface area contributed by atoms with Gasteiger partial charge in [-0.15, -0.1) is 4.52 Å². The number of nitrogen functional groups attached to an aromatic ring is 1. The van der Waals surface area contributed by atoms with E-state index >= 15 is 0 Å². The zero-order chi connectivity index (χ0) is 31.8. The lowest BCUT2D eigenvalue weighted by atomic mass is 10.2. The molecular formula is C21H26N10O12P2+2. The average molecular weight is 672 g/mol. The number of hydrogen-bond donors (Lipinski definition) is 11. The molecule has 3 aromatic rings. The third kappa shape index (κ3) is 5.08. The summed E-state index contributed by atoms with van der Waals surface area (Å²) in [4.78, 5) is 67.4. The zero-order valence-electron chi connectivity index (χ0n) is 22.9. The number of imidazole rings is 1. The van der Waals surface area contributed by atoms with Crippen LogP contribution in [0.3, 0.4) is 0 Å². The van der Waals surface area contributed by atoms with Gasteiger partial charge in [0.2, 0.25) is 23.3 Å². The Morgan fingerprint density at radius 1 is 1.13 bits per heavy atom. The van der Waals surface area contributed by atoms with E-state index < -0.39 is 45.7 Å². The van der Waals surface area contributed by atoms with Crippen LogP contribution < -0.4 is 42.4 Å². The van der Waals surface area contributed by atoms with Crippen molar-refractivity contribution in [3.05, 3.63) is 51.7 Å². The second kappa shape index (κ2) is 10.3. The van der Waals surface area contributed by atoms with E-state index in [0.717, 1.165) is 17.2 Å². The fraction of sp³-hybridized carbons (Fsp3) is 0.286. The van der Waals surface area contributed by atoms with Crippen molar-refractivity contribution >= 4 is 45.2 Å². The number of hydrogen-bond acceptors (Lipinski definition) is 20. The van der Waals surface area contributed by atoms with Gasteiger partial charge in [-0.25, -0.2) is 14.1 Å². The molecule has 4 aliphatic rings. The number of rotatable bonds is 2. The Bertz CT molecular complexity index is 1870. The molecule has 22 nitrogen and oxygen atoms in total. The van der Waals surface area contributed by atoms with Crippen LogP contribution in [0.15, 0.2) is 44.8 Å². The molecule has 7 heterocycles. The fourth-order valence-corrected chi connectivity index (χ4v) is 6.69. The summed E-state index contributed by atoms with van der Waals surface area (Å²) in [5, 5.41) is 20.3. The summed E-state index contributed by atoms with van der Waals surface area (Å²) in [5.41, 5.74) is 11.4. The lowest BCUT2D eigenvalue weighted by Crippen LogP contribution is -2.51. The summed E-state index contributed by atoms with van der Waals surface area (Å²) in [7, 11) is -9.64. The number of H-pyrrole nitrogens is 1. The number of nitrogens with zero attached hydrogens (tertiary/aromatic N) is 4. The Kier molecular flexibility index (Phi) is 6.65. The van der Waals surface area contributed by atoms with Gasteiger partial charge >= 0.3 is 16.3 Å². The first kappa shape index (κ1) is 29.2. The van der Waals surface area contributed by atoms with E-state index in [1.165, 1.54) is 11.8 Å². The minimum atomic E-state index is -4.83. The highest BCUT2D eigenvalue weighted by Crippen LogP contribution is 2.63. The highest BCUT2D eigenvalue weighted by molar-refractivity contribution is 7.55. The van der Waals surface area contributed by atoms with Crippen LogP contribution in [0.5, 0.6) is 11.5 Å². The number of aromatic hydroxyl groups is 1. The molecule has 0 spiro atoms. The summed E-state index contributed by atoms with van der Waals surface area (Å²) < 4.78 is 34.2. The second-order valence-electron chi connectivity index (χ2n) is 9.89. The number of aromatic nitrogens is 4. The molecule has 3 aromatic heterocycles. The molecule has 2 bridgehead atoms. The van der Waals surface area contributed by atoms with E-state index in [-0.39, 0.29) is 65.9 Å². The third-order valence-electron chi connectivity index (χ3n) is 6.87. The van der Waals surface area contributed by atoms with Crippen LogP contribution >= 0.6 is 16.3 Å². The van der Waals surface area contributed by atoms with E-state index in [2.05, 4.69) is 30.9 Å². The van der Waals surface area contributed by atoms with Crippen LogP contribution in [0.25, 0.3) is 17.0 Å². The number of anilines is 2. The van der Waals surface area contributed by atoms with E-state index in [1.807, 2.05) is 0 Å². The van der Waals surface area contributed by atoms with Crippen molar-refractivity contribution < 1.29 is 51.9 Å². The summed E-state index contributed by atoms with van der Waals surface area (Å²) in [6, 6.07) is 0. The van der Waals surface area contributed by atoms with Crippen molar-refractivity contribution in [3.63, 3.8) is 0 Å². The Morgan fingerprint density at radius 2 is 1.93 bits per heavy atom. The Hall–Kier alpha value is -4.53. The molecule has 13 N–H and O–H groups in total. The fourth-order valence-electron chi connectivity index (χ4n) is 4.99. The number of nitrogens with one attached hydrogen (secondary N) is 4. The molecule has 24 heteroatoms. The van der Waals surface area contributed by atoms with Crippen LogP contribution in [0.1, 0.15) is 25.2 Å². The van der Waals surface area contributed by atoms with Gasteiger partial charge in [0.05, 0.1) is 25.5 Å². The van der Waals surface area contributed by atoms with Crippen LogP contribution in [-0.2, 0) is 18.3 Å². The van der Waals surface area contributed by atoms with Gasteiger partial charge in [-0.1, -0.05) is 0 Å². The molecule has 0 amide bonds. The summed E-state index contributed by atoms with van der Waals surface area (Å²) in [5.74, 6) is -2.40. The molecule has 0 radical (unpaired) electrons. The number of ether oxygens (including phenoxy) is 1. The largest absolute Gasteiger partial charge is 0.663 e. The van der Waals surface area contributed by atoms with Gasteiger partial charge in [0.1, 0.15) is 18.3 Å². The lowest BCUT2D eigenvalue weighted by Gasteiger charge is -2.28. The van der Waals surface area contributed by atoms with Crippen LogP contribution in [0.2, 0.25) is 0 Å². The molecule has 240 valence electrons. The average Bonchev–Trinajstić information content (AvgIpc) is 3.72. The van der Waals surface area contributed by atoms with E-state index in [1.54, 1.807) is 0 Å². The maximum absolute atomic E-state index is 12.3. The van der Waals surface area contributed by atoms with E-state index in [4.69, 9.17) is 38.7 Å². The Morgan fingerprint density at radius 3 is 2.73 bits per heavy atom. The van der Waals surface area contributed by atoms with Crippen molar-refractivity contribution in [1.29, 1.82) is 0 Å². The summed E-state index contributed by atoms with van der Waals surface area (Å²) in [6.07, 6.45) is -0.438. The number of nitrogens with two attached hydrogens (primary N) is 2. The minimum Gasteiger partial charge on any atom is -0.500 e. The smallest absolute Gasteiger partial charge is 0.500 e. The first-order chi connectivity index (χ1) is 21.3. The van der Waals surface area contributed by atoms with E-state index in [0.29, 0.717) is 11.5 Å². The molecule has 7 rings (SSSR count). The molecule has 0 aliphatic carbocycles. The zero-order valence-corrected chi connectivity index (χ0v) is 24.7. The molecule has 45 heavy (non-hydrogen) atoms. The monoisotopic (exact) mass is 672 g/mol. The molecule has 0 saturated carbocycles. The van der Waals surface area contributed by atoms with Gasteiger partial charge in [-0.2, -0.15) is 24.6 Å². The first-order valence-electron chi connectivity index (χ1n) is 12.9. The Balaban J connectivity index is 1.28. The van der Waals surface area contributed by atoms with E-state index in [9.17, 15) is 29.5 Å². The predicted molar refractivity (Wildman–Crippen MR) is 152 cm³/mol. The van der Waals surface area contributed by atoms with Gasteiger partial charge < -0.3 is 41.3 Å². The molecule has 1 fully saturated rings. The Labute approximate surface area is 251 Å². The predicted octanol–water partition coefficient (Wildman–Crippen LogP) is -1.11. The summed E-state index contributed by atoms with van der Waals surface area (Å²) >= 11 is 0. The highest BCUT2D eigenvalue weighted by atomic mass is 31.2. The molecule has 4 aliphatic heterocycles. The maximum atomic E-state index is 12.3. The maximum Gasteiger partial charge on any atom is 0.663 e. The quantitative estimate of drug-likeness (QED) is 0.144. The van der Waals surface area contributed by atoms with Crippen molar-refractivity contribution in [1.82, 2.24) is 35.5 Å². The van der Waals surface area contributed by atoms with Crippen molar-refractivity contribution in [2.24, 2.45) is 5.73 Å². The van der Waals surface area contributed by atoms with Gasteiger partial charge in [-0.3, -0.25) is 24.1 Å². The first-order valence-corrected chi connectivity index (χ1v) is 16.0. The van der Waals surface area contributed by atoms with Gasteiger partial charge in [0, 0.05) is 0 Å². The van der Waals surface area contributed by atoms with Gasteiger partial charge in [-0.05, 0) is 6.92 Å². The topological polar surface area (TPSA) is 315 Å². The molecule has 1 saturated heterocycles. The standard InChI is InChI=1S/C21H24N10O12P2/c1-7-13-14(12(32)20(40-13)30-5-26-10-15(22)24-4-25-16(10)30)43-44(34,35)38-3-8-2-9(42-45(36,37)41-7)19(39-8)31-6-27-11-17(31)28-21(23)29-18(11)33/h3,6-7,16,24-26,34-37H,2,4-5,22H2,1H3,(H2-2,23,28,29,32,33)/p+2/b8-3+/t7-,16?/m0/s1. The van der Waals surface area contributed by atoms with Crippen molar-refractivity contribution in [2.75, 3.05) is 24.0 Å². The van der Waals surface area contributed by atoms with Crippen LogP contribution in [-0.4, -0.2) is 63.7 Å². The number of aromatic amines is 1. The van der Waals surface area contributed by atoms with Gasteiger partial charge in [0.15, 0.2) is 35.0 Å². The minimum absolute atomic E-state index is 0.0677. The normalized spacial score (nSPS) is 25.2. The highest BCUT2D eigenvalue weighted by Gasteiger charge is 2.53. The SMILES string of the molecule is C[C@@H]1O[P+](O)(O)OC2=C(n3cnc4c(=O)[nH]c(N)nc43)O/C(=C/O[P+](O)(O)Oc3c1oc(N1CNC4=C(N)NCNC41)c3O)C2. The molecule has 2 atom stereocenters. The number of fused-ring (bicyclic) bond motifs is 5. The van der Waals surface area contributed by atoms with Crippen LogP contribution in [0, 0.1) is 0 Å². The third-order valence-corrected chi connectivity index (χ3v) is 8.72. The molecular weight excluding hydrogens is 646 g/mol. The van der Waals surface area contributed by atoms with Crippen molar-refractivity contribution in [2.45, 2.75) is 25.6 Å². The molecule has 1 unspecified atom stereocenters. The van der Waals surface area contributed by atoms with Gasteiger partial charge in [0.25, 0.3) is 17.2 Å². The molecule has 0 aromatic carbocycles. The summed E-state index contributed by atoms with van der Waals surface area (Å²) in [6.45, 7) is 1.68. The van der Waals surface area contributed by atoms with Crippen LogP contribution in [0.4, 0.5) is 11.8 Å². The van der Waals surface area contributed by atoms with Crippen molar-refractivity contribution in [3.8, 4) is 11.5 Å². The number of furan rings is 1.